The summed E-state index contributed by atoms with van der Waals surface area (Å²) in [5.41, 5.74) is 0. The second-order valence-corrected chi connectivity index (χ2v) is 5.42. The second-order valence-electron chi connectivity index (χ2n) is 5.42. The molecule has 0 aliphatic heterocycles. The van der Waals surface area contributed by atoms with E-state index in [-0.39, 0.29) is 24.0 Å². The highest BCUT2D eigenvalue weighted by atomic mass is 127. The van der Waals surface area contributed by atoms with Gasteiger partial charge in [0.15, 0.2) is 5.96 Å². The molecule has 6 heteroatoms. The SMILES string of the molecule is C=CCN(CC=C)C(CNC(=NC)NCCOCC)C(C)C.I. The summed E-state index contributed by atoms with van der Waals surface area (Å²) in [5.74, 6) is 1.33. The maximum Gasteiger partial charge on any atom is 0.191 e. The molecule has 1 unspecified atom stereocenters. The molecule has 0 spiro atoms. The van der Waals surface area contributed by atoms with Crippen molar-refractivity contribution in [1.82, 2.24) is 15.5 Å². The summed E-state index contributed by atoms with van der Waals surface area (Å²) in [6.07, 6.45) is 3.88. The fourth-order valence-corrected chi connectivity index (χ4v) is 2.27. The van der Waals surface area contributed by atoms with Gasteiger partial charge in [0, 0.05) is 45.9 Å². The van der Waals surface area contributed by atoms with Crippen LogP contribution < -0.4 is 10.6 Å². The Labute approximate surface area is 159 Å². The number of aliphatic imine (C=N–C) groups is 1. The van der Waals surface area contributed by atoms with Crippen LogP contribution in [-0.2, 0) is 4.74 Å². The number of ether oxygens (including phenoxy) is 1. The van der Waals surface area contributed by atoms with Crippen LogP contribution in [0.3, 0.4) is 0 Å². The molecule has 0 aliphatic carbocycles. The average Bonchev–Trinajstić information content (AvgIpc) is 2.49. The lowest BCUT2D eigenvalue weighted by molar-refractivity contribution is 0.152. The Morgan fingerprint density at radius 2 is 1.83 bits per heavy atom. The number of nitrogens with one attached hydrogen (secondary N) is 2. The normalized spacial score (nSPS) is 12.7. The largest absolute Gasteiger partial charge is 0.380 e. The zero-order chi connectivity index (χ0) is 16.8. The fourth-order valence-electron chi connectivity index (χ4n) is 2.27. The second kappa shape index (κ2) is 16.3. The van der Waals surface area contributed by atoms with Crippen LogP contribution in [0.2, 0.25) is 0 Å². The molecule has 5 nitrogen and oxygen atoms in total. The number of rotatable bonds is 12. The average molecular weight is 438 g/mol. The Morgan fingerprint density at radius 1 is 1.22 bits per heavy atom. The first-order valence-electron chi connectivity index (χ1n) is 8.08. The van der Waals surface area contributed by atoms with Gasteiger partial charge in [-0.3, -0.25) is 9.89 Å². The highest BCUT2D eigenvalue weighted by Crippen LogP contribution is 2.10. The van der Waals surface area contributed by atoms with Gasteiger partial charge in [-0.2, -0.15) is 0 Å². The smallest absolute Gasteiger partial charge is 0.191 e. The minimum absolute atomic E-state index is 0. The number of halogens is 1. The van der Waals surface area contributed by atoms with Crippen molar-refractivity contribution in [3.63, 3.8) is 0 Å². The summed E-state index contributed by atoms with van der Waals surface area (Å²) in [4.78, 5) is 6.61. The molecule has 0 aliphatic rings. The van der Waals surface area contributed by atoms with E-state index in [1.54, 1.807) is 7.05 Å². The van der Waals surface area contributed by atoms with Gasteiger partial charge in [-0.25, -0.2) is 0 Å². The lowest BCUT2D eigenvalue weighted by Gasteiger charge is -2.33. The first-order valence-corrected chi connectivity index (χ1v) is 8.08. The summed E-state index contributed by atoms with van der Waals surface area (Å²) in [7, 11) is 1.78. The molecule has 0 saturated carbocycles. The van der Waals surface area contributed by atoms with Crippen molar-refractivity contribution < 1.29 is 4.74 Å². The Morgan fingerprint density at radius 3 is 2.26 bits per heavy atom. The van der Waals surface area contributed by atoms with E-state index >= 15 is 0 Å². The first kappa shape index (κ1) is 24.6. The van der Waals surface area contributed by atoms with Crippen LogP contribution in [0.15, 0.2) is 30.3 Å². The molecular weight excluding hydrogens is 403 g/mol. The van der Waals surface area contributed by atoms with Gasteiger partial charge in [-0.1, -0.05) is 26.0 Å². The van der Waals surface area contributed by atoms with Crippen LogP contribution in [0.25, 0.3) is 0 Å². The van der Waals surface area contributed by atoms with Gasteiger partial charge in [0.25, 0.3) is 0 Å². The number of guanidine groups is 1. The van der Waals surface area contributed by atoms with Crippen LogP contribution in [-0.4, -0.2) is 63.3 Å². The lowest BCUT2D eigenvalue weighted by Crippen LogP contribution is -2.50. The third kappa shape index (κ3) is 11.6. The number of hydrogen-bond donors (Lipinski definition) is 2. The quantitative estimate of drug-likeness (QED) is 0.162. The molecule has 1 atom stereocenters. The molecule has 0 aromatic rings. The maximum atomic E-state index is 5.32. The molecule has 23 heavy (non-hydrogen) atoms. The van der Waals surface area contributed by atoms with Gasteiger partial charge in [0.2, 0.25) is 0 Å². The van der Waals surface area contributed by atoms with Crippen molar-refractivity contribution in [2.45, 2.75) is 26.8 Å². The van der Waals surface area contributed by atoms with Crippen LogP contribution in [0.1, 0.15) is 20.8 Å². The molecule has 2 N–H and O–H groups in total. The lowest BCUT2D eigenvalue weighted by atomic mass is 10.0. The van der Waals surface area contributed by atoms with Gasteiger partial charge in [-0.15, -0.1) is 37.1 Å². The van der Waals surface area contributed by atoms with Gasteiger partial charge < -0.3 is 15.4 Å². The van der Waals surface area contributed by atoms with E-state index in [1.807, 2.05) is 19.1 Å². The molecule has 0 fully saturated rings. The van der Waals surface area contributed by atoms with E-state index in [0.29, 0.717) is 18.6 Å². The van der Waals surface area contributed by atoms with Gasteiger partial charge in [0.05, 0.1) is 6.61 Å². The Hall–Kier alpha value is -0.600. The molecular formula is C17H35IN4O. The summed E-state index contributed by atoms with van der Waals surface area (Å²) >= 11 is 0. The van der Waals surface area contributed by atoms with E-state index in [0.717, 1.165) is 38.7 Å². The van der Waals surface area contributed by atoms with E-state index in [1.165, 1.54) is 0 Å². The van der Waals surface area contributed by atoms with Gasteiger partial charge >= 0.3 is 0 Å². The predicted molar refractivity (Wildman–Crippen MR) is 112 cm³/mol. The third-order valence-corrected chi connectivity index (χ3v) is 3.41. The Bertz CT molecular complexity index is 325. The van der Waals surface area contributed by atoms with E-state index in [2.05, 4.69) is 47.5 Å². The summed E-state index contributed by atoms with van der Waals surface area (Å²) in [5, 5.41) is 6.65. The molecule has 0 rings (SSSR count). The van der Waals surface area contributed by atoms with Crippen LogP contribution >= 0.6 is 24.0 Å². The van der Waals surface area contributed by atoms with Crippen molar-refractivity contribution in [2.75, 3.05) is 46.4 Å². The molecule has 0 heterocycles. The highest BCUT2D eigenvalue weighted by molar-refractivity contribution is 14.0. The molecule has 0 aromatic carbocycles. The molecule has 0 saturated heterocycles. The first-order chi connectivity index (χ1) is 10.6. The van der Waals surface area contributed by atoms with Crippen molar-refractivity contribution in [1.29, 1.82) is 0 Å². The summed E-state index contributed by atoms with van der Waals surface area (Å²) in [6.45, 7) is 18.9. The Balaban J connectivity index is 0. The topological polar surface area (TPSA) is 48.9 Å². The van der Waals surface area contributed by atoms with Crippen LogP contribution in [0.5, 0.6) is 0 Å². The van der Waals surface area contributed by atoms with Gasteiger partial charge in [-0.05, 0) is 12.8 Å². The minimum atomic E-state index is 0. The molecule has 0 bridgehead atoms. The highest BCUT2D eigenvalue weighted by Gasteiger charge is 2.20. The van der Waals surface area contributed by atoms with Crippen LogP contribution in [0.4, 0.5) is 0 Å². The molecule has 0 aromatic heterocycles. The van der Waals surface area contributed by atoms with E-state index in [9.17, 15) is 0 Å². The number of hydrogen-bond acceptors (Lipinski definition) is 3. The molecule has 0 amide bonds. The predicted octanol–water partition coefficient (Wildman–Crippen LogP) is 2.50. The van der Waals surface area contributed by atoms with Crippen molar-refractivity contribution >= 4 is 29.9 Å². The van der Waals surface area contributed by atoms with Crippen molar-refractivity contribution in [3.8, 4) is 0 Å². The summed E-state index contributed by atoms with van der Waals surface area (Å²) in [6, 6.07) is 0.390. The van der Waals surface area contributed by atoms with Crippen molar-refractivity contribution in [3.05, 3.63) is 25.3 Å². The van der Waals surface area contributed by atoms with E-state index < -0.39 is 0 Å². The fraction of sp³-hybridized carbons (Fsp3) is 0.706. The molecule has 136 valence electrons. The number of nitrogens with zero attached hydrogens (tertiary/aromatic N) is 2. The zero-order valence-electron chi connectivity index (χ0n) is 15.2. The summed E-state index contributed by atoms with van der Waals surface area (Å²) < 4.78 is 5.32. The van der Waals surface area contributed by atoms with E-state index in [4.69, 9.17) is 4.74 Å². The van der Waals surface area contributed by atoms with Crippen molar-refractivity contribution in [2.24, 2.45) is 10.9 Å². The standard InChI is InChI=1S/C17H34N4O.HI/c1-7-11-21(12-8-2)16(15(4)5)14-20-17(18-6)19-10-13-22-9-3;/h7-8,15-16H,1-2,9-14H2,3-6H3,(H2,18,19,20);1H. The molecule has 0 radical (unpaired) electrons. The Kier molecular flexibility index (Phi) is 17.4. The minimum Gasteiger partial charge on any atom is -0.380 e. The zero-order valence-corrected chi connectivity index (χ0v) is 17.5. The van der Waals surface area contributed by atoms with Gasteiger partial charge in [0.1, 0.15) is 0 Å². The maximum absolute atomic E-state index is 5.32. The van der Waals surface area contributed by atoms with Crippen LogP contribution in [0, 0.1) is 5.92 Å². The third-order valence-electron chi connectivity index (χ3n) is 3.41. The monoisotopic (exact) mass is 438 g/mol.